The van der Waals surface area contributed by atoms with Crippen LogP contribution in [0.1, 0.15) is 36.1 Å². The highest BCUT2D eigenvalue weighted by Gasteiger charge is 2.14. The van der Waals surface area contributed by atoms with Crippen molar-refractivity contribution in [1.82, 2.24) is 5.32 Å². The van der Waals surface area contributed by atoms with Crippen LogP contribution in [0.2, 0.25) is 0 Å². The molecule has 21 heavy (non-hydrogen) atoms. The first kappa shape index (κ1) is 16.2. The molecule has 1 unspecified atom stereocenters. The van der Waals surface area contributed by atoms with E-state index in [4.69, 9.17) is 0 Å². The number of benzene rings is 2. The molecule has 1 nitrogen and oxygen atoms in total. The van der Waals surface area contributed by atoms with Crippen molar-refractivity contribution in [2.75, 3.05) is 6.54 Å². The van der Waals surface area contributed by atoms with E-state index in [0.29, 0.717) is 6.42 Å². The molecule has 0 heterocycles. The Morgan fingerprint density at radius 3 is 2.48 bits per heavy atom. The molecule has 3 heteroatoms. The van der Waals surface area contributed by atoms with Gasteiger partial charge in [-0.2, -0.15) is 0 Å². The first-order chi connectivity index (χ1) is 10.1. The van der Waals surface area contributed by atoms with Crippen molar-refractivity contribution >= 4 is 15.9 Å². The predicted molar refractivity (Wildman–Crippen MR) is 90.0 cm³/mol. The Hall–Kier alpha value is -1.19. The van der Waals surface area contributed by atoms with Gasteiger partial charge in [0.05, 0.1) is 0 Å². The van der Waals surface area contributed by atoms with E-state index in [-0.39, 0.29) is 11.9 Å². The smallest absolute Gasteiger partial charge is 0.127 e. The van der Waals surface area contributed by atoms with Gasteiger partial charge in [-0.25, -0.2) is 4.39 Å². The lowest BCUT2D eigenvalue weighted by Gasteiger charge is -2.20. The van der Waals surface area contributed by atoms with Crippen LogP contribution in [-0.2, 0) is 6.42 Å². The van der Waals surface area contributed by atoms with Gasteiger partial charge < -0.3 is 5.32 Å². The topological polar surface area (TPSA) is 12.0 Å². The molecule has 1 N–H and O–H groups in total. The molecule has 112 valence electrons. The van der Waals surface area contributed by atoms with E-state index in [9.17, 15) is 4.39 Å². The van der Waals surface area contributed by atoms with E-state index < -0.39 is 0 Å². The second kappa shape index (κ2) is 7.71. The summed E-state index contributed by atoms with van der Waals surface area (Å²) in [7, 11) is 0. The van der Waals surface area contributed by atoms with E-state index in [0.717, 1.165) is 23.0 Å². The summed E-state index contributed by atoms with van der Waals surface area (Å²) in [5, 5.41) is 3.52. The molecule has 0 aliphatic rings. The third-order valence-corrected chi connectivity index (χ3v) is 4.05. The summed E-state index contributed by atoms with van der Waals surface area (Å²) in [5.41, 5.74) is 3.19. The highest BCUT2D eigenvalue weighted by atomic mass is 79.9. The third-order valence-electron chi connectivity index (χ3n) is 3.56. The minimum Gasteiger partial charge on any atom is -0.310 e. The van der Waals surface area contributed by atoms with Crippen LogP contribution in [0, 0.1) is 12.7 Å². The fourth-order valence-corrected chi connectivity index (χ4v) is 2.67. The van der Waals surface area contributed by atoms with E-state index in [2.05, 4.69) is 59.4 Å². The van der Waals surface area contributed by atoms with E-state index in [1.54, 1.807) is 0 Å². The Morgan fingerprint density at radius 2 is 1.86 bits per heavy atom. The second-order valence-corrected chi connectivity index (χ2v) is 6.27. The fraction of sp³-hybridized carbons (Fsp3) is 0.333. The van der Waals surface area contributed by atoms with E-state index in [1.807, 2.05) is 12.1 Å². The zero-order chi connectivity index (χ0) is 15.2. The van der Waals surface area contributed by atoms with Gasteiger partial charge in [0.25, 0.3) is 0 Å². The van der Waals surface area contributed by atoms with Crippen LogP contribution in [0.5, 0.6) is 0 Å². The molecule has 0 amide bonds. The Balaban J connectivity index is 2.21. The number of nitrogens with one attached hydrogen (secondary N) is 1. The molecule has 0 spiro atoms. The zero-order valence-electron chi connectivity index (χ0n) is 12.5. The molecular formula is C18H21BrFN. The van der Waals surface area contributed by atoms with Gasteiger partial charge in [0.2, 0.25) is 0 Å². The van der Waals surface area contributed by atoms with Gasteiger partial charge in [-0.15, -0.1) is 0 Å². The second-order valence-electron chi connectivity index (χ2n) is 5.36. The first-order valence-corrected chi connectivity index (χ1v) is 8.13. The van der Waals surface area contributed by atoms with Gasteiger partial charge in [0.15, 0.2) is 0 Å². The molecule has 0 fully saturated rings. The van der Waals surface area contributed by atoms with Crippen LogP contribution in [0.25, 0.3) is 0 Å². The molecule has 0 aliphatic carbocycles. The van der Waals surface area contributed by atoms with Gasteiger partial charge in [0.1, 0.15) is 5.82 Å². The molecule has 0 aromatic heterocycles. The molecule has 0 saturated heterocycles. The SMILES string of the molecule is CCCNC(Cc1ccc(Br)cc1F)c1ccc(C)cc1. The number of hydrogen-bond acceptors (Lipinski definition) is 1. The average Bonchev–Trinajstić information content (AvgIpc) is 2.46. The van der Waals surface area contributed by atoms with Crippen molar-refractivity contribution in [1.29, 1.82) is 0 Å². The maximum Gasteiger partial charge on any atom is 0.127 e. The number of aryl methyl sites for hydroxylation is 1. The summed E-state index contributed by atoms with van der Waals surface area (Å²) in [6, 6.07) is 13.9. The predicted octanol–water partition coefficient (Wildman–Crippen LogP) is 5.18. The van der Waals surface area contributed by atoms with Crippen molar-refractivity contribution in [3.05, 3.63) is 69.4 Å². The normalized spacial score (nSPS) is 12.4. The van der Waals surface area contributed by atoms with Crippen LogP contribution < -0.4 is 5.32 Å². The Labute approximate surface area is 134 Å². The van der Waals surface area contributed by atoms with Gasteiger partial charge in [0, 0.05) is 10.5 Å². The minimum atomic E-state index is -0.153. The number of rotatable bonds is 6. The Bertz CT molecular complexity index is 580. The van der Waals surface area contributed by atoms with Crippen molar-refractivity contribution in [3.63, 3.8) is 0 Å². The van der Waals surface area contributed by atoms with E-state index >= 15 is 0 Å². The largest absolute Gasteiger partial charge is 0.310 e. The van der Waals surface area contributed by atoms with E-state index in [1.165, 1.54) is 17.2 Å². The quantitative estimate of drug-likeness (QED) is 0.757. The van der Waals surface area contributed by atoms with Crippen LogP contribution in [0.3, 0.4) is 0 Å². The molecule has 0 radical (unpaired) electrons. The lowest BCUT2D eigenvalue weighted by atomic mass is 9.97. The highest BCUT2D eigenvalue weighted by molar-refractivity contribution is 9.10. The monoisotopic (exact) mass is 349 g/mol. The molecular weight excluding hydrogens is 329 g/mol. The van der Waals surface area contributed by atoms with Crippen molar-refractivity contribution in [2.24, 2.45) is 0 Å². The Kier molecular flexibility index (Phi) is 5.95. The molecule has 1 atom stereocenters. The van der Waals surface area contributed by atoms with Crippen LogP contribution >= 0.6 is 15.9 Å². The summed E-state index contributed by atoms with van der Waals surface area (Å²) < 4.78 is 14.8. The van der Waals surface area contributed by atoms with Crippen molar-refractivity contribution in [2.45, 2.75) is 32.7 Å². The summed E-state index contributed by atoms with van der Waals surface area (Å²) in [6.45, 7) is 5.14. The van der Waals surface area contributed by atoms with Gasteiger partial charge >= 0.3 is 0 Å². The maximum absolute atomic E-state index is 14.1. The summed E-state index contributed by atoms with van der Waals surface area (Å²) >= 11 is 3.30. The number of halogens is 2. The first-order valence-electron chi connectivity index (χ1n) is 7.34. The third kappa shape index (κ3) is 4.65. The molecule has 2 rings (SSSR count). The molecule has 2 aromatic carbocycles. The maximum atomic E-state index is 14.1. The lowest BCUT2D eigenvalue weighted by Crippen LogP contribution is -2.24. The molecule has 0 bridgehead atoms. The summed E-state index contributed by atoms with van der Waals surface area (Å²) in [5.74, 6) is -0.153. The Morgan fingerprint density at radius 1 is 1.14 bits per heavy atom. The standard InChI is InChI=1S/C18H21BrFN/c1-3-10-21-18(14-6-4-13(2)5-7-14)11-15-8-9-16(19)12-17(15)20/h4-9,12,18,21H,3,10-11H2,1-2H3. The zero-order valence-corrected chi connectivity index (χ0v) is 14.1. The molecule has 0 saturated carbocycles. The number of hydrogen-bond donors (Lipinski definition) is 1. The molecule has 0 aliphatic heterocycles. The van der Waals surface area contributed by atoms with Crippen molar-refractivity contribution < 1.29 is 4.39 Å². The van der Waals surface area contributed by atoms with Gasteiger partial charge in [-0.05, 0) is 49.6 Å². The lowest BCUT2D eigenvalue weighted by molar-refractivity contribution is 0.513. The highest BCUT2D eigenvalue weighted by Crippen LogP contribution is 2.23. The summed E-state index contributed by atoms with van der Waals surface area (Å²) in [4.78, 5) is 0. The average molecular weight is 350 g/mol. The molecule has 2 aromatic rings. The van der Waals surface area contributed by atoms with Crippen molar-refractivity contribution in [3.8, 4) is 0 Å². The van der Waals surface area contributed by atoms with Crippen LogP contribution in [-0.4, -0.2) is 6.54 Å². The van der Waals surface area contributed by atoms with Crippen LogP contribution in [0.4, 0.5) is 4.39 Å². The van der Waals surface area contributed by atoms with Gasteiger partial charge in [-0.3, -0.25) is 0 Å². The van der Waals surface area contributed by atoms with Crippen LogP contribution in [0.15, 0.2) is 46.9 Å². The van der Waals surface area contributed by atoms with Gasteiger partial charge in [-0.1, -0.05) is 58.7 Å². The summed E-state index contributed by atoms with van der Waals surface area (Å²) in [6.07, 6.45) is 1.72. The fourth-order valence-electron chi connectivity index (χ4n) is 2.33. The minimum absolute atomic E-state index is 0.140.